The number of carboxylic acid groups (broad SMARTS) is 1. The van der Waals surface area contributed by atoms with Gasteiger partial charge in [-0.3, -0.25) is 9.59 Å². The highest BCUT2D eigenvalue weighted by Crippen LogP contribution is 2.19. The van der Waals surface area contributed by atoms with Crippen LogP contribution in [0.4, 0.5) is 5.69 Å². The Hall–Kier alpha value is -1.59. The second-order valence-corrected chi connectivity index (χ2v) is 4.95. The third-order valence-electron chi connectivity index (χ3n) is 2.77. The van der Waals surface area contributed by atoms with Gasteiger partial charge < -0.3 is 15.3 Å². The van der Waals surface area contributed by atoms with Crippen molar-refractivity contribution in [2.45, 2.75) is 26.3 Å². The lowest BCUT2D eigenvalue weighted by Crippen LogP contribution is -2.39. The Bertz CT molecular complexity index is 462. The number of amides is 1. The molecule has 0 fully saturated rings. The summed E-state index contributed by atoms with van der Waals surface area (Å²) in [5, 5.41) is 12.6. The molecule has 20 heavy (non-hydrogen) atoms. The van der Waals surface area contributed by atoms with Gasteiger partial charge in [0.1, 0.15) is 6.54 Å². The fourth-order valence-corrected chi connectivity index (χ4v) is 2.00. The maximum absolute atomic E-state index is 12.2. The van der Waals surface area contributed by atoms with Crippen molar-refractivity contribution < 1.29 is 14.7 Å². The quantitative estimate of drug-likeness (QED) is 0.809. The Kier molecular flexibility index (Phi) is 6.48. The van der Waals surface area contributed by atoms with E-state index in [1.165, 1.54) is 4.90 Å². The lowest BCUT2D eigenvalue weighted by molar-refractivity contribution is -0.136. The van der Waals surface area contributed by atoms with Crippen LogP contribution in [0.1, 0.15) is 20.3 Å². The number of nitrogens with one attached hydrogen (secondary N) is 1. The summed E-state index contributed by atoms with van der Waals surface area (Å²) in [6.45, 7) is 4.24. The molecular formula is C14H19ClN2O3. The highest BCUT2D eigenvalue weighted by atomic mass is 35.5. The largest absolute Gasteiger partial charge is 0.480 e. The van der Waals surface area contributed by atoms with Crippen molar-refractivity contribution in [3.8, 4) is 0 Å². The maximum atomic E-state index is 12.2. The number of hydrogen-bond donors (Lipinski definition) is 2. The van der Waals surface area contributed by atoms with Gasteiger partial charge >= 0.3 is 5.97 Å². The van der Waals surface area contributed by atoms with Gasteiger partial charge in [-0.15, -0.1) is 0 Å². The van der Waals surface area contributed by atoms with E-state index in [-0.39, 0.29) is 24.9 Å². The first-order valence-electron chi connectivity index (χ1n) is 6.45. The van der Waals surface area contributed by atoms with Gasteiger partial charge in [0.15, 0.2) is 0 Å². The fraction of sp³-hybridized carbons (Fsp3) is 0.429. The highest BCUT2D eigenvalue weighted by molar-refractivity contribution is 6.30. The number of nitrogens with zero attached hydrogens (tertiary/aromatic N) is 1. The van der Waals surface area contributed by atoms with Crippen molar-refractivity contribution in [2.24, 2.45) is 0 Å². The Morgan fingerprint density at radius 2 is 1.95 bits per heavy atom. The van der Waals surface area contributed by atoms with Crippen molar-refractivity contribution in [3.63, 3.8) is 0 Å². The van der Waals surface area contributed by atoms with E-state index in [1.54, 1.807) is 24.3 Å². The molecule has 1 aromatic carbocycles. The number of hydrogen-bond acceptors (Lipinski definition) is 3. The van der Waals surface area contributed by atoms with Crippen molar-refractivity contribution in [3.05, 3.63) is 29.3 Å². The SMILES string of the molecule is CCNC(C)CC(=O)N(CC(=O)O)c1ccc(Cl)cc1. The van der Waals surface area contributed by atoms with Crippen LogP contribution in [0.5, 0.6) is 0 Å². The van der Waals surface area contributed by atoms with E-state index in [0.29, 0.717) is 10.7 Å². The molecule has 0 aliphatic carbocycles. The average Bonchev–Trinajstić information content (AvgIpc) is 2.37. The lowest BCUT2D eigenvalue weighted by Gasteiger charge is -2.23. The van der Waals surface area contributed by atoms with Gasteiger partial charge in [0.25, 0.3) is 0 Å². The molecule has 0 aliphatic heterocycles. The number of anilines is 1. The Labute approximate surface area is 123 Å². The monoisotopic (exact) mass is 298 g/mol. The predicted octanol–water partition coefficient (Wildman–Crippen LogP) is 2.15. The number of benzene rings is 1. The Morgan fingerprint density at radius 3 is 2.45 bits per heavy atom. The second-order valence-electron chi connectivity index (χ2n) is 4.51. The minimum atomic E-state index is -1.05. The molecule has 0 saturated carbocycles. The normalized spacial score (nSPS) is 11.9. The van der Waals surface area contributed by atoms with Gasteiger partial charge in [0, 0.05) is 23.2 Å². The Balaban J connectivity index is 2.85. The summed E-state index contributed by atoms with van der Waals surface area (Å²) in [4.78, 5) is 24.4. The number of halogens is 1. The first-order chi connectivity index (χ1) is 9.43. The summed E-state index contributed by atoms with van der Waals surface area (Å²) in [5.74, 6) is -1.28. The van der Waals surface area contributed by atoms with Crippen molar-refractivity contribution in [2.75, 3.05) is 18.0 Å². The van der Waals surface area contributed by atoms with Crippen molar-refractivity contribution >= 4 is 29.2 Å². The van der Waals surface area contributed by atoms with E-state index in [9.17, 15) is 9.59 Å². The van der Waals surface area contributed by atoms with Crippen molar-refractivity contribution in [1.82, 2.24) is 5.32 Å². The zero-order valence-electron chi connectivity index (χ0n) is 11.6. The van der Waals surface area contributed by atoms with E-state index < -0.39 is 5.97 Å². The van der Waals surface area contributed by atoms with Crippen LogP contribution in [0.3, 0.4) is 0 Å². The summed E-state index contributed by atoms with van der Waals surface area (Å²) in [6.07, 6.45) is 0.240. The minimum Gasteiger partial charge on any atom is -0.480 e. The zero-order valence-corrected chi connectivity index (χ0v) is 12.4. The molecule has 5 nitrogen and oxygen atoms in total. The molecule has 1 atom stereocenters. The van der Waals surface area contributed by atoms with Gasteiger partial charge in [-0.05, 0) is 37.7 Å². The van der Waals surface area contributed by atoms with E-state index in [4.69, 9.17) is 16.7 Å². The van der Waals surface area contributed by atoms with Crippen molar-refractivity contribution in [1.29, 1.82) is 0 Å². The molecule has 0 heterocycles. The summed E-state index contributed by atoms with van der Waals surface area (Å²) in [5.41, 5.74) is 0.533. The number of aliphatic carboxylic acids is 1. The van der Waals surface area contributed by atoms with Gasteiger partial charge in [-0.1, -0.05) is 18.5 Å². The number of carbonyl (C=O) groups excluding carboxylic acids is 1. The first-order valence-corrected chi connectivity index (χ1v) is 6.83. The van der Waals surface area contributed by atoms with Gasteiger partial charge in [-0.25, -0.2) is 0 Å². The maximum Gasteiger partial charge on any atom is 0.323 e. The molecule has 1 aromatic rings. The molecular weight excluding hydrogens is 280 g/mol. The molecule has 0 aromatic heterocycles. The molecule has 0 aliphatic rings. The van der Waals surface area contributed by atoms with Gasteiger partial charge in [-0.2, -0.15) is 0 Å². The third kappa shape index (κ3) is 5.19. The molecule has 1 rings (SSSR count). The van der Waals surface area contributed by atoms with Crippen LogP contribution in [0, 0.1) is 0 Å². The first kappa shape index (κ1) is 16.5. The predicted molar refractivity (Wildman–Crippen MR) is 79.2 cm³/mol. The fourth-order valence-electron chi connectivity index (χ4n) is 1.87. The van der Waals surface area contributed by atoms with Crippen LogP contribution in [-0.4, -0.2) is 36.1 Å². The van der Waals surface area contributed by atoms with Crippen LogP contribution < -0.4 is 10.2 Å². The van der Waals surface area contributed by atoms with Crippen LogP contribution in [0.25, 0.3) is 0 Å². The number of rotatable bonds is 7. The lowest BCUT2D eigenvalue weighted by atomic mass is 10.2. The molecule has 1 amide bonds. The van der Waals surface area contributed by atoms with Crippen LogP contribution in [0.2, 0.25) is 5.02 Å². The van der Waals surface area contributed by atoms with E-state index in [2.05, 4.69) is 5.32 Å². The van der Waals surface area contributed by atoms with E-state index >= 15 is 0 Å². The highest BCUT2D eigenvalue weighted by Gasteiger charge is 2.20. The summed E-state index contributed by atoms with van der Waals surface area (Å²) in [6, 6.07) is 6.54. The number of carboxylic acids is 1. The molecule has 6 heteroatoms. The third-order valence-corrected chi connectivity index (χ3v) is 3.02. The summed E-state index contributed by atoms with van der Waals surface area (Å²) < 4.78 is 0. The van der Waals surface area contributed by atoms with E-state index in [1.807, 2.05) is 13.8 Å². The molecule has 1 unspecified atom stereocenters. The molecule has 0 radical (unpaired) electrons. The van der Waals surface area contributed by atoms with Gasteiger partial charge in [0.2, 0.25) is 5.91 Å². The topological polar surface area (TPSA) is 69.6 Å². The van der Waals surface area contributed by atoms with Crippen LogP contribution in [0.15, 0.2) is 24.3 Å². The smallest absolute Gasteiger partial charge is 0.323 e. The second kappa shape index (κ2) is 7.87. The molecule has 0 bridgehead atoms. The standard InChI is InChI=1S/C14H19ClN2O3/c1-3-16-10(2)8-13(18)17(9-14(19)20)12-6-4-11(15)5-7-12/h4-7,10,16H,3,8-9H2,1-2H3,(H,19,20). The summed E-state index contributed by atoms with van der Waals surface area (Å²) in [7, 11) is 0. The minimum absolute atomic E-state index is 0.00362. The van der Waals surface area contributed by atoms with Crippen LogP contribution >= 0.6 is 11.6 Å². The van der Waals surface area contributed by atoms with Crippen LogP contribution in [-0.2, 0) is 9.59 Å². The average molecular weight is 299 g/mol. The molecule has 2 N–H and O–H groups in total. The molecule has 0 saturated heterocycles. The summed E-state index contributed by atoms with van der Waals surface area (Å²) >= 11 is 5.80. The molecule has 0 spiro atoms. The van der Waals surface area contributed by atoms with E-state index in [0.717, 1.165) is 6.54 Å². The zero-order chi connectivity index (χ0) is 15.1. The molecule has 110 valence electrons. The van der Waals surface area contributed by atoms with Gasteiger partial charge in [0.05, 0.1) is 0 Å². The Morgan fingerprint density at radius 1 is 1.35 bits per heavy atom. The number of carbonyl (C=O) groups is 2.